The lowest BCUT2D eigenvalue weighted by atomic mass is 10.2. The van der Waals surface area contributed by atoms with E-state index in [0.29, 0.717) is 17.5 Å². The van der Waals surface area contributed by atoms with Gasteiger partial charge in [0.2, 0.25) is 0 Å². The molecule has 0 aliphatic carbocycles. The number of hydrogen-bond acceptors (Lipinski definition) is 5. The van der Waals surface area contributed by atoms with Crippen molar-refractivity contribution in [2.45, 2.75) is 12.8 Å². The molecule has 0 radical (unpaired) electrons. The number of benzene rings is 1. The summed E-state index contributed by atoms with van der Waals surface area (Å²) in [4.78, 5) is 6.65. The van der Waals surface area contributed by atoms with E-state index in [0.717, 1.165) is 0 Å². The van der Waals surface area contributed by atoms with Crippen LogP contribution in [0.4, 0.5) is 13.2 Å². The Morgan fingerprint density at radius 1 is 1.19 bits per heavy atom. The number of nitrogens with zero attached hydrogens (tertiary/aromatic N) is 2. The highest BCUT2D eigenvalue weighted by Crippen LogP contribution is 2.34. The van der Waals surface area contributed by atoms with E-state index in [1.54, 1.807) is 24.3 Å². The Bertz CT molecular complexity index is 615. The summed E-state index contributed by atoms with van der Waals surface area (Å²) in [5.41, 5.74) is -0.719. The van der Waals surface area contributed by atoms with Crippen molar-refractivity contribution >= 4 is 0 Å². The lowest BCUT2D eigenvalue weighted by Gasteiger charge is -2.10. The first-order valence-electron chi connectivity index (χ1n) is 5.79. The fourth-order valence-corrected chi connectivity index (χ4v) is 1.51. The molecule has 1 aromatic heterocycles. The molecule has 2 rings (SSSR count). The van der Waals surface area contributed by atoms with Crippen LogP contribution in [0.1, 0.15) is 11.3 Å². The molecule has 0 saturated carbocycles. The van der Waals surface area contributed by atoms with Crippen LogP contribution in [0.25, 0.3) is 0 Å². The summed E-state index contributed by atoms with van der Waals surface area (Å²) in [6.45, 7) is -0.00787. The summed E-state index contributed by atoms with van der Waals surface area (Å²) < 4.78 is 47.7. The maximum Gasteiger partial charge on any atom is 0.437 e. The number of rotatable bonds is 4. The van der Waals surface area contributed by atoms with E-state index in [9.17, 15) is 13.2 Å². The largest absolute Gasteiger partial charge is 0.504 e. The number of aromatic hydroxyl groups is 1. The Kier molecular flexibility index (Phi) is 4.15. The van der Waals surface area contributed by atoms with Crippen molar-refractivity contribution in [3.8, 4) is 17.5 Å². The number of alkyl halides is 3. The molecule has 5 nitrogen and oxygen atoms in total. The maximum absolute atomic E-state index is 12.6. The summed E-state index contributed by atoms with van der Waals surface area (Å²) in [7, 11) is 1.52. The van der Waals surface area contributed by atoms with Gasteiger partial charge in [0.1, 0.15) is 12.4 Å². The highest BCUT2D eigenvalue weighted by atomic mass is 19.4. The average Bonchev–Trinajstić information content (AvgIpc) is 2.45. The molecule has 0 amide bonds. The van der Waals surface area contributed by atoms with Crippen molar-refractivity contribution in [2.75, 3.05) is 7.11 Å². The van der Waals surface area contributed by atoms with Crippen LogP contribution in [0, 0.1) is 0 Å². The van der Waals surface area contributed by atoms with Crippen LogP contribution in [0.5, 0.6) is 17.5 Å². The zero-order valence-corrected chi connectivity index (χ0v) is 10.9. The molecule has 1 heterocycles. The third-order valence-corrected chi connectivity index (χ3v) is 2.54. The Morgan fingerprint density at radius 2 is 1.86 bits per heavy atom. The maximum atomic E-state index is 12.6. The first-order chi connectivity index (χ1) is 9.90. The predicted molar refractivity (Wildman–Crippen MR) is 66.0 cm³/mol. The first kappa shape index (κ1) is 14.9. The molecule has 0 aliphatic rings. The van der Waals surface area contributed by atoms with Gasteiger partial charge in [0.25, 0.3) is 0 Å². The number of hydrogen-bond donors (Lipinski definition) is 1. The predicted octanol–water partition coefficient (Wildman–Crippen LogP) is 2.79. The molecule has 1 aromatic carbocycles. The van der Waals surface area contributed by atoms with E-state index in [4.69, 9.17) is 14.6 Å². The van der Waals surface area contributed by atoms with E-state index < -0.39 is 23.6 Å². The topological polar surface area (TPSA) is 64.5 Å². The van der Waals surface area contributed by atoms with Gasteiger partial charge < -0.3 is 14.6 Å². The van der Waals surface area contributed by atoms with Gasteiger partial charge in [-0.1, -0.05) is 12.1 Å². The minimum atomic E-state index is -4.77. The number of methoxy groups -OCH3 is 1. The summed E-state index contributed by atoms with van der Waals surface area (Å²) in [6.07, 6.45) is -4.12. The minimum absolute atomic E-state index is 0.00787. The molecule has 0 bridgehead atoms. The SMILES string of the molecule is COc1ccc(COc2ncc(O)c(C(F)(F)F)n2)cc1. The smallest absolute Gasteiger partial charge is 0.437 e. The third kappa shape index (κ3) is 3.74. The van der Waals surface area contributed by atoms with Crippen molar-refractivity contribution in [3.05, 3.63) is 41.7 Å². The number of halogens is 3. The normalized spacial score (nSPS) is 11.2. The first-order valence-corrected chi connectivity index (χ1v) is 5.79. The van der Waals surface area contributed by atoms with Gasteiger partial charge in [0.15, 0.2) is 11.4 Å². The molecular weight excluding hydrogens is 289 g/mol. The van der Waals surface area contributed by atoms with Crippen LogP contribution in [0.3, 0.4) is 0 Å². The molecule has 1 N–H and O–H groups in total. The second-order valence-electron chi connectivity index (χ2n) is 4.02. The van der Waals surface area contributed by atoms with Crippen molar-refractivity contribution in [3.63, 3.8) is 0 Å². The Hall–Kier alpha value is -2.51. The highest BCUT2D eigenvalue weighted by Gasteiger charge is 2.36. The second-order valence-corrected chi connectivity index (χ2v) is 4.02. The Balaban J connectivity index is 2.09. The van der Waals surface area contributed by atoms with Gasteiger partial charge in [0, 0.05) is 0 Å². The Labute approximate surface area is 118 Å². The van der Waals surface area contributed by atoms with Gasteiger partial charge in [-0.3, -0.25) is 0 Å². The summed E-state index contributed by atoms with van der Waals surface area (Å²) >= 11 is 0. The molecule has 0 fully saturated rings. The fraction of sp³-hybridized carbons (Fsp3) is 0.231. The van der Waals surface area contributed by atoms with E-state index in [-0.39, 0.29) is 6.61 Å². The van der Waals surface area contributed by atoms with Gasteiger partial charge in [0.05, 0.1) is 13.3 Å². The molecule has 0 atom stereocenters. The fourth-order valence-electron chi connectivity index (χ4n) is 1.51. The van der Waals surface area contributed by atoms with Crippen molar-refractivity contribution in [1.29, 1.82) is 0 Å². The van der Waals surface area contributed by atoms with Crippen molar-refractivity contribution in [2.24, 2.45) is 0 Å². The van der Waals surface area contributed by atoms with Gasteiger partial charge in [-0.15, -0.1) is 0 Å². The quantitative estimate of drug-likeness (QED) is 0.940. The minimum Gasteiger partial charge on any atom is -0.504 e. The zero-order valence-electron chi connectivity index (χ0n) is 10.9. The molecule has 0 saturated heterocycles. The van der Waals surface area contributed by atoms with Gasteiger partial charge in [-0.25, -0.2) is 0 Å². The Morgan fingerprint density at radius 3 is 2.43 bits per heavy atom. The van der Waals surface area contributed by atoms with Crippen LogP contribution in [-0.2, 0) is 12.8 Å². The number of aromatic nitrogens is 2. The van der Waals surface area contributed by atoms with Crippen LogP contribution in [0.15, 0.2) is 30.5 Å². The molecule has 0 aliphatic heterocycles. The van der Waals surface area contributed by atoms with Gasteiger partial charge >= 0.3 is 12.2 Å². The van der Waals surface area contributed by atoms with E-state index in [1.165, 1.54) is 7.11 Å². The molecule has 112 valence electrons. The summed E-state index contributed by atoms with van der Waals surface area (Å²) in [5.74, 6) is -0.390. The van der Waals surface area contributed by atoms with E-state index >= 15 is 0 Å². The molecule has 0 spiro atoms. The third-order valence-electron chi connectivity index (χ3n) is 2.54. The van der Waals surface area contributed by atoms with Gasteiger partial charge in [-0.2, -0.15) is 23.1 Å². The molecule has 0 unspecified atom stereocenters. The molecular formula is C13H11F3N2O3. The van der Waals surface area contributed by atoms with Crippen LogP contribution in [-0.4, -0.2) is 22.2 Å². The van der Waals surface area contributed by atoms with Crippen LogP contribution < -0.4 is 9.47 Å². The van der Waals surface area contributed by atoms with Crippen LogP contribution in [0.2, 0.25) is 0 Å². The van der Waals surface area contributed by atoms with Crippen molar-refractivity contribution < 1.29 is 27.8 Å². The monoisotopic (exact) mass is 300 g/mol. The van der Waals surface area contributed by atoms with Crippen LogP contribution >= 0.6 is 0 Å². The van der Waals surface area contributed by atoms with E-state index in [1.807, 2.05) is 0 Å². The summed E-state index contributed by atoms with van der Waals surface area (Å²) in [5, 5.41) is 9.10. The van der Waals surface area contributed by atoms with E-state index in [2.05, 4.69) is 9.97 Å². The highest BCUT2D eigenvalue weighted by molar-refractivity contribution is 5.28. The zero-order chi connectivity index (χ0) is 15.5. The second kappa shape index (κ2) is 5.86. The lowest BCUT2D eigenvalue weighted by molar-refractivity contribution is -0.142. The molecule has 8 heteroatoms. The lowest BCUT2D eigenvalue weighted by Crippen LogP contribution is -2.10. The van der Waals surface area contributed by atoms with Crippen molar-refractivity contribution in [1.82, 2.24) is 9.97 Å². The van der Waals surface area contributed by atoms with Gasteiger partial charge in [-0.05, 0) is 17.7 Å². The average molecular weight is 300 g/mol. The standard InChI is InChI=1S/C13H11F3N2O3/c1-20-9-4-2-8(3-5-9)7-21-12-17-6-10(19)11(18-12)13(14,15)16/h2-6,19H,7H2,1H3. The molecule has 21 heavy (non-hydrogen) atoms. The summed E-state index contributed by atoms with van der Waals surface area (Å²) in [6, 6.07) is 6.32. The number of ether oxygens (including phenoxy) is 2. The molecule has 2 aromatic rings.